The first-order valence-corrected chi connectivity index (χ1v) is 11.2. The zero-order valence-corrected chi connectivity index (χ0v) is 18.2. The molecule has 0 bridgehead atoms. The Morgan fingerprint density at radius 2 is 1.86 bits per heavy atom. The van der Waals surface area contributed by atoms with Crippen LogP contribution in [0.3, 0.4) is 0 Å². The van der Waals surface area contributed by atoms with Gasteiger partial charge < -0.3 is 10.2 Å². The van der Waals surface area contributed by atoms with E-state index < -0.39 is 0 Å². The zero-order chi connectivity index (χ0) is 20.1. The molecule has 1 aromatic rings. The standard InChI is InChI=1S/C23H38N4O/c1-5-23(4,6-2)18-8-9-19(16-18)26-12-14-27(15-13-26)20-10-11-21(25-17-20)22(28)24-7-3/h10-11,17-19H,5-9,12-16H2,1-4H3,(H,24,28). The Hall–Kier alpha value is -1.62. The Balaban J connectivity index is 1.52. The van der Waals surface area contributed by atoms with E-state index in [9.17, 15) is 4.79 Å². The quantitative estimate of drug-likeness (QED) is 0.771. The van der Waals surface area contributed by atoms with Crippen LogP contribution in [-0.4, -0.2) is 54.6 Å². The van der Waals surface area contributed by atoms with Crippen LogP contribution >= 0.6 is 0 Å². The number of hydrogen-bond donors (Lipinski definition) is 1. The van der Waals surface area contributed by atoms with E-state index in [0.717, 1.165) is 43.8 Å². The Bertz CT molecular complexity index is 633. The summed E-state index contributed by atoms with van der Waals surface area (Å²) in [5.41, 5.74) is 2.14. The van der Waals surface area contributed by atoms with Crippen molar-refractivity contribution in [1.29, 1.82) is 0 Å². The Labute approximate surface area is 170 Å². The highest BCUT2D eigenvalue weighted by atomic mass is 16.1. The second kappa shape index (κ2) is 9.25. The number of nitrogens with zero attached hydrogens (tertiary/aromatic N) is 3. The molecule has 1 aromatic heterocycles. The topological polar surface area (TPSA) is 48.5 Å². The molecule has 0 spiro atoms. The van der Waals surface area contributed by atoms with E-state index in [0.29, 0.717) is 17.7 Å². The van der Waals surface area contributed by atoms with Crippen molar-refractivity contribution in [2.75, 3.05) is 37.6 Å². The van der Waals surface area contributed by atoms with Gasteiger partial charge in [0.1, 0.15) is 5.69 Å². The molecule has 2 fully saturated rings. The van der Waals surface area contributed by atoms with Gasteiger partial charge in [-0.15, -0.1) is 0 Å². The first kappa shape index (κ1) is 21.1. The molecule has 3 rings (SSSR count). The van der Waals surface area contributed by atoms with Gasteiger partial charge in [-0.25, -0.2) is 4.98 Å². The molecule has 28 heavy (non-hydrogen) atoms. The third-order valence-electron chi connectivity index (χ3n) is 7.52. The van der Waals surface area contributed by atoms with Crippen molar-refractivity contribution in [2.24, 2.45) is 11.3 Å². The molecule has 5 nitrogen and oxygen atoms in total. The maximum absolute atomic E-state index is 11.9. The highest BCUT2D eigenvalue weighted by molar-refractivity contribution is 5.92. The molecule has 5 heteroatoms. The normalized spacial score (nSPS) is 23.8. The van der Waals surface area contributed by atoms with Crippen LogP contribution in [0.15, 0.2) is 18.3 Å². The monoisotopic (exact) mass is 386 g/mol. The van der Waals surface area contributed by atoms with Crippen molar-refractivity contribution in [2.45, 2.75) is 65.8 Å². The number of amides is 1. The van der Waals surface area contributed by atoms with Gasteiger partial charge in [0.25, 0.3) is 5.91 Å². The maximum atomic E-state index is 11.9. The van der Waals surface area contributed by atoms with Crippen molar-refractivity contribution in [3.05, 3.63) is 24.0 Å². The van der Waals surface area contributed by atoms with E-state index in [2.05, 4.69) is 40.9 Å². The van der Waals surface area contributed by atoms with Crippen molar-refractivity contribution in [1.82, 2.24) is 15.2 Å². The Kier molecular flexibility index (Phi) is 6.97. The molecule has 0 radical (unpaired) electrons. The number of carbonyl (C=O) groups is 1. The molecular weight excluding hydrogens is 348 g/mol. The fourth-order valence-corrected chi connectivity index (χ4v) is 5.05. The largest absolute Gasteiger partial charge is 0.368 e. The lowest BCUT2D eigenvalue weighted by molar-refractivity contribution is 0.0951. The van der Waals surface area contributed by atoms with E-state index >= 15 is 0 Å². The lowest BCUT2D eigenvalue weighted by Crippen LogP contribution is -2.50. The van der Waals surface area contributed by atoms with E-state index in [-0.39, 0.29) is 5.91 Å². The molecule has 2 atom stereocenters. The van der Waals surface area contributed by atoms with Crippen molar-refractivity contribution >= 4 is 11.6 Å². The third-order valence-corrected chi connectivity index (χ3v) is 7.52. The molecule has 2 unspecified atom stereocenters. The first-order chi connectivity index (χ1) is 13.5. The van der Waals surface area contributed by atoms with E-state index in [1.807, 2.05) is 25.3 Å². The van der Waals surface area contributed by atoms with Crippen LogP contribution in [0.25, 0.3) is 0 Å². The maximum Gasteiger partial charge on any atom is 0.269 e. The Morgan fingerprint density at radius 3 is 2.43 bits per heavy atom. The lowest BCUT2D eigenvalue weighted by atomic mass is 9.72. The molecule has 1 amide bonds. The molecule has 1 aliphatic carbocycles. The van der Waals surface area contributed by atoms with E-state index in [1.165, 1.54) is 32.1 Å². The summed E-state index contributed by atoms with van der Waals surface area (Å²) in [7, 11) is 0. The van der Waals surface area contributed by atoms with E-state index in [1.54, 1.807) is 0 Å². The van der Waals surface area contributed by atoms with Gasteiger partial charge in [0, 0.05) is 38.8 Å². The van der Waals surface area contributed by atoms with Crippen LogP contribution < -0.4 is 10.2 Å². The number of anilines is 1. The predicted molar refractivity (Wildman–Crippen MR) is 116 cm³/mol. The second-order valence-corrected chi connectivity index (χ2v) is 8.81. The smallest absolute Gasteiger partial charge is 0.269 e. The molecule has 1 N–H and O–H groups in total. The predicted octanol–water partition coefficient (Wildman–Crippen LogP) is 3.95. The first-order valence-electron chi connectivity index (χ1n) is 11.2. The summed E-state index contributed by atoms with van der Waals surface area (Å²) in [6, 6.07) is 4.64. The van der Waals surface area contributed by atoms with Gasteiger partial charge in [-0.2, -0.15) is 0 Å². The highest BCUT2D eigenvalue weighted by Gasteiger charge is 2.39. The molecule has 1 saturated heterocycles. The minimum Gasteiger partial charge on any atom is -0.368 e. The number of carbonyl (C=O) groups excluding carboxylic acids is 1. The summed E-state index contributed by atoms with van der Waals surface area (Å²) in [6.07, 6.45) is 8.58. The van der Waals surface area contributed by atoms with Gasteiger partial charge >= 0.3 is 0 Å². The van der Waals surface area contributed by atoms with Crippen LogP contribution in [0.1, 0.15) is 70.3 Å². The van der Waals surface area contributed by atoms with Crippen molar-refractivity contribution in [3.63, 3.8) is 0 Å². The average Bonchev–Trinajstić information content (AvgIpc) is 3.24. The summed E-state index contributed by atoms with van der Waals surface area (Å²) >= 11 is 0. The van der Waals surface area contributed by atoms with Crippen LogP contribution in [0, 0.1) is 11.3 Å². The van der Waals surface area contributed by atoms with Crippen molar-refractivity contribution < 1.29 is 4.79 Å². The number of aromatic nitrogens is 1. The van der Waals surface area contributed by atoms with Gasteiger partial charge in [0.2, 0.25) is 0 Å². The molecular formula is C23H38N4O. The summed E-state index contributed by atoms with van der Waals surface area (Å²) in [4.78, 5) is 21.3. The van der Waals surface area contributed by atoms with Crippen LogP contribution in [-0.2, 0) is 0 Å². The van der Waals surface area contributed by atoms with Gasteiger partial charge in [-0.05, 0) is 49.7 Å². The van der Waals surface area contributed by atoms with Crippen LogP contribution in [0.2, 0.25) is 0 Å². The molecule has 2 heterocycles. The highest BCUT2D eigenvalue weighted by Crippen LogP contribution is 2.45. The third kappa shape index (κ3) is 4.51. The number of nitrogens with one attached hydrogen (secondary N) is 1. The number of pyridine rings is 1. The minimum absolute atomic E-state index is 0.0965. The van der Waals surface area contributed by atoms with Crippen LogP contribution in [0.4, 0.5) is 5.69 Å². The van der Waals surface area contributed by atoms with Gasteiger partial charge in [-0.3, -0.25) is 9.69 Å². The number of piperazine rings is 1. The van der Waals surface area contributed by atoms with Crippen molar-refractivity contribution in [3.8, 4) is 0 Å². The fraction of sp³-hybridized carbons (Fsp3) is 0.739. The van der Waals surface area contributed by atoms with Gasteiger partial charge in [0.05, 0.1) is 11.9 Å². The molecule has 1 saturated carbocycles. The minimum atomic E-state index is -0.0965. The van der Waals surface area contributed by atoms with Gasteiger partial charge in [-0.1, -0.05) is 33.6 Å². The molecule has 156 valence electrons. The molecule has 0 aromatic carbocycles. The average molecular weight is 387 g/mol. The van der Waals surface area contributed by atoms with Crippen LogP contribution in [0.5, 0.6) is 0 Å². The van der Waals surface area contributed by atoms with Gasteiger partial charge in [0.15, 0.2) is 0 Å². The summed E-state index contributed by atoms with van der Waals surface area (Å²) in [5.74, 6) is 0.789. The summed E-state index contributed by atoms with van der Waals surface area (Å²) in [6.45, 7) is 14.1. The van der Waals surface area contributed by atoms with E-state index in [4.69, 9.17) is 0 Å². The SMILES string of the molecule is CCNC(=O)c1ccc(N2CCN(C3CCC(C(C)(CC)CC)C3)CC2)cn1. The summed E-state index contributed by atoms with van der Waals surface area (Å²) in [5, 5.41) is 2.80. The number of rotatable bonds is 7. The second-order valence-electron chi connectivity index (χ2n) is 8.81. The fourth-order valence-electron chi connectivity index (χ4n) is 5.05. The zero-order valence-electron chi connectivity index (χ0n) is 18.2. The Morgan fingerprint density at radius 1 is 1.14 bits per heavy atom. The summed E-state index contributed by atoms with van der Waals surface area (Å²) < 4.78 is 0. The lowest BCUT2D eigenvalue weighted by Gasteiger charge is -2.40. The molecule has 2 aliphatic rings. The molecule has 1 aliphatic heterocycles. The number of hydrogen-bond acceptors (Lipinski definition) is 4.